The monoisotopic (exact) mass is 290 g/mol. The average molecular weight is 290 g/mol. The molecule has 1 aromatic heterocycles. The maximum absolute atomic E-state index is 13.5. The molecule has 0 bridgehead atoms. The first-order valence-electron chi connectivity index (χ1n) is 5.36. The molecule has 0 fully saturated rings. The molecule has 18 heavy (non-hydrogen) atoms. The van der Waals surface area contributed by atoms with Gasteiger partial charge in [-0.05, 0) is 24.7 Å². The fourth-order valence-corrected chi connectivity index (χ4v) is 2.66. The SMILES string of the molecule is CS(=O)CCCn1c(=S)[nH]c2c(F)cc(F)cc21. The summed E-state index contributed by atoms with van der Waals surface area (Å²) in [5, 5.41) is 0. The number of aromatic nitrogens is 2. The van der Waals surface area contributed by atoms with E-state index >= 15 is 0 Å². The minimum absolute atomic E-state index is 0.207. The zero-order valence-electron chi connectivity index (χ0n) is 9.70. The lowest BCUT2D eigenvalue weighted by atomic mass is 10.3. The molecule has 0 saturated heterocycles. The molecule has 2 aromatic rings. The largest absolute Gasteiger partial charge is 0.328 e. The highest BCUT2D eigenvalue weighted by molar-refractivity contribution is 7.84. The maximum atomic E-state index is 13.5. The number of imidazole rings is 1. The number of aromatic amines is 1. The third-order valence-electron chi connectivity index (χ3n) is 2.62. The van der Waals surface area contributed by atoms with Gasteiger partial charge < -0.3 is 9.55 Å². The van der Waals surface area contributed by atoms with Crippen molar-refractivity contribution in [2.24, 2.45) is 0 Å². The Bertz CT molecular complexity index is 663. The standard InChI is InChI=1S/C11H12F2N2OS2/c1-18(16)4-2-3-15-9-6-7(12)5-8(13)10(9)14-11(15)17/h5-6H,2-4H2,1H3,(H,14,17). The van der Waals surface area contributed by atoms with E-state index in [2.05, 4.69) is 4.98 Å². The van der Waals surface area contributed by atoms with Crippen molar-refractivity contribution in [2.75, 3.05) is 12.0 Å². The number of rotatable bonds is 4. The molecule has 3 nitrogen and oxygen atoms in total. The zero-order valence-corrected chi connectivity index (χ0v) is 11.3. The predicted octanol–water partition coefficient (Wildman–Crippen LogP) is 2.75. The van der Waals surface area contributed by atoms with E-state index in [1.165, 1.54) is 6.07 Å². The smallest absolute Gasteiger partial charge is 0.178 e. The second-order valence-electron chi connectivity index (χ2n) is 3.99. The van der Waals surface area contributed by atoms with E-state index < -0.39 is 22.4 Å². The Morgan fingerprint density at radius 1 is 1.44 bits per heavy atom. The summed E-state index contributed by atoms with van der Waals surface area (Å²) in [4.78, 5) is 2.72. The van der Waals surface area contributed by atoms with Gasteiger partial charge in [-0.3, -0.25) is 4.21 Å². The lowest BCUT2D eigenvalue weighted by molar-refractivity contribution is 0.589. The van der Waals surface area contributed by atoms with Crippen LogP contribution in [0.5, 0.6) is 0 Å². The number of nitrogens with zero attached hydrogens (tertiary/aromatic N) is 1. The van der Waals surface area contributed by atoms with E-state index in [0.29, 0.717) is 29.0 Å². The lowest BCUT2D eigenvalue weighted by Gasteiger charge is -2.03. The summed E-state index contributed by atoms with van der Waals surface area (Å²) in [6, 6.07) is 2.06. The number of benzene rings is 1. The highest BCUT2D eigenvalue weighted by Gasteiger charge is 2.10. The van der Waals surface area contributed by atoms with Crippen LogP contribution in [0.1, 0.15) is 6.42 Å². The molecule has 0 aliphatic carbocycles. The van der Waals surface area contributed by atoms with E-state index in [1.54, 1.807) is 10.8 Å². The summed E-state index contributed by atoms with van der Waals surface area (Å²) >= 11 is 5.08. The number of hydrogen-bond acceptors (Lipinski definition) is 2. The normalized spacial score (nSPS) is 13.1. The van der Waals surface area contributed by atoms with Crippen LogP contribution >= 0.6 is 12.2 Å². The van der Waals surface area contributed by atoms with Crippen molar-refractivity contribution < 1.29 is 13.0 Å². The number of H-pyrrole nitrogens is 1. The van der Waals surface area contributed by atoms with E-state index in [4.69, 9.17) is 12.2 Å². The molecule has 1 heterocycles. The molecular weight excluding hydrogens is 278 g/mol. The van der Waals surface area contributed by atoms with Crippen LogP contribution in [0.3, 0.4) is 0 Å². The van der Waals surface area contributed by atoms with E-state index in [-0.39, 0.29) is 5.52 Å². The van der Waals surface area contributed by atoms with Gasteiger partial charge in [-0.2, -0.15) is 0 Å². The molecule has 2 rings (SSSR count). The molecule has 0 aliphatic rings. The van der Waals surface area contributed by atoms with Crippen LogP contribution in [0.4, 0.5) is 8.78 Å². The van der Waals surface area contributed by atoms with Gasteiger partial charge in [-0.1, -0.05) is 0 Å². The summed E-state index contributed by atoms with van der Waals surface area (Å²) in [5.74, 6) is -0.762. The molecule has 1 N–H and O–H groups in total. The van der Waals surface area contributed by atoms with Gasteiger partial charge in [0.2, 0.25) is 0 Å². The first-order valence-corrected chi connectivity index (χ1v) is 7.50. The molecular formula is C11H12F2N2OS2. The summed E-state index contributed by atoms with van der Waals surface area (Å²) in [6.45, 7) is 0.487. The molecule has 0 spiro atoms. The summed E-state index contributed by atoms with van der Waals surface area (Å²) in [5.41, 5.74) is 0.610. The molecule has 98 valence electrons. The number of aryl methyl sites for hydroxylation is 1. The van der Waals surface area contributed by atoms with Crippen LogP contribution in [0.2, 0.25) is 0 Å². The Hall–Kier alpha value is -1.08. The number of halogens is 2. The fourth-order valence-electron chi connectivity index (χ4n) is 1.83. The second kappa shape index (κ2) is 5.27. The van der Waals surface area contributed by atoms with Crippen LogP contribution < -0.4 is 0 Å². The topological polar surface area (TPSA) is 37.8 Å². The van der Waals surface area contributed by atoms with Gasteiger partial charge in [0.15, 0.2) is 10.6 Å². The predicted molar refractivity (Wildman–Crippen MR) is 70.6 cm³/mol. The van der Waals surface area contributed by atoms with Crippen molar-refractivity contribution in [2.45, 2.75) is 13.0 Å². The highest BCUT2D eigenvalue weighted by atomic mass is 32.2. The molecule has 7 heteroatoms. The summed E-state index contributed by atoms with van der Waals surface area (Å²) in [6.07, 6.45) is 2.26. The van der Waals surface area contributed by atoms with Crippen molar-refractivity contribution in [3.05, 3.63) is 28.5 Å². The maximum Gasteiger partial charge on any atom is 0.178 e. The highest BCUT2D eigenvalue weighted by Crippen LogP contribution is 2.19. The van der Waals surface area contributed by atoms with E-state index in [9.17, 15) is 13.0 Å². The molecule has 0 aliphatic heterocycles. The van der Waals surface area contributed by atoms with Crippen LogP contribution in [0.15, 0.2) is 12.1 Å². The number of nitrogens with one attached hydrogen (secondary N) is 1. The summed E-state index contributed by atoms with van der Waals surface area (Å²) < 4.78 is 39.6. The third kappa shape index (κ3) is 2.67. The van der Waals surface area contributed by atoms with Crippen molar-refractivity contribution in [3.63, 3.8) is 0 Å². The Kier molecular flexibility index (Phi) is 3.91. The lowest BCUT2D eigenvalue weighted by Crippen LogP contribution is -2.03. The van der Waals surface area contributed by atoms with Crippen molar-refractivity contribution in [3.8, 4) is 0 Å². The van der Waals surface area contributed by atoms with Crippen molar-refractivity contribution >= 4 is 34.1 Å². The van der Waals surface area contributed by atoms with Crippen molar-refractivity contribution in [1.29, 1.82) is 0 Å². The zero-order chi connectivity index (χ0) is 13.3. The van der Waals surface area contributed by atoms with Crippen LogP contribution in [0, 0.1) is 16.4 Å². The number of hydrogen-bond donors (Lipinski definition) is 1. The second-order valence-corrected chi connectivity index (χ2v) is 5.94. The molecule has 1 aromatic carbocycles. The van der Waals surface area contributed by atoms with Crippen LogP contribution in [0.25, 0.3) is 11.0 Å². The van der Waals surface area contributed by atoms with E-state index in [0.717, 1.165) is 6.07 Å². The van der Waals surface area contributed by atoms with Crippen LogP contribution in [-0.2, 0) is 17.3 Å². The average Bonchev–Trinajstić information content (AvgIpc) is 2.56. The minimum Gasteiger partial charge on any atom is -0.328 e. The molecule has 1 unspecified atom stereocenters. The molecule has 0 amide bonds. The summed E-state index contributed by atoms with van der Waals surface area (Å²) in [7, 11) is -0.882. The van der Waals surface area contributed by atoms with Gasteiger partial charge in [0.25, 0.3) is 0 Å². The Morgan fingerprint density at radius 2 is 2.17 bits per heavy atom. The minimum atomic E-state index is -0.882. The Balaban J connectivity index is 2.40. The van der Waals surface area contributed by atoms with Crippen LogP contribution in [-0.4, -0.2) is 25.8 Å². The van der Waals surface area contributed by atoms with Gasteiger partial charge in [0, 0.05) is 35.4 Å². The number of fused-ring (bicyclic) bond motifs is 1. The molecule has 0 saturated carbocycles. The van der Waals surface area contributed by atoms with Gasteiger partial charge in [0.05, 0.1) is 5.52 Å². The third-order valence-corrected chi connectivity index (χ3v) is 3.80. The van der Waals surface area contributed by atoms with Gasteiger partial charge in [-0.15, -0.1) is 0 Å². The fraction of sp³-hybridized carbons (Fsp3) is 0.364. The Morgan fingerprint density at radius 3 is 2.83 bits per heavy atom. The quantitative estimate of drug-likeness (QED) is 0.879. The van der Waals surface area contributed by atoms with Gasteiger partial charge in [0.1, 0.15) is 11.3 Å². The first-order chi connectivity index (χ1) is 8.49. The molecule has 1 atom stereocenters. The Labute approximate surface area is 110 Å². The van der Waals surface area contributed by atoms with E-state index in [1.807, 2.05) is 0 Å². The van der Waals surface area contributed by atoms with Gasteiger partial charge in [-0.25, -0.2) is 8.78 Å². The van der Waals surface area contributed by atoms with Gasteiger partial charge >= 0.3 is 0 Å². The van der Waals surface area contributed by atoms with Crippen molar-refractivity contribution in [1.82, 2.24) is 9.55 Å². The first kappa shape index (κ1) is 13.4. The molecule has 0 radical (unpaired) electrons.